The average Bonchev–Trinajstić information content (AvgIpc) is 3.16. The van der Waals surface area contributed by atoms with Crippen LogP contribution < -0.4 is 5.56 Å². The molecule has 0 aliphatic heterocycles. The van der Waals surface area contributed by atoms with E-state index in [1.54, 1.807) is 13.1 Å². The van der Waals surface area contributed by atoms with Gasteiger partial charge in [-0.3, -0.25) is 9.89 Å². The number of rotatable bonds is 4. The molecule has 29 heavy (non-hydrogen) atoms. The minimum absolute atomic E-state index is 0.129. The van der Waals surface area contributed by atoms with Crippen LogP contribution in [0.5, 0.6) is 0 Å². The van der Waals surface area contributed by atoms with Crippen LogP contribution in [0.3, 0.4) is 0 Å². The zero-order valence-electron chi connectivity index (χ0n) is 15.9. The zero-order valence-corrected chi connectivity index (χ0v) is 16.7. The molecule has 0 unspecified atom stereocenters. The molecule has 2 heterocycles. The Morgan fingerprint density at radius 3 is 2.55 bits per heavy atom. The molecule has 1 N–H and O–H groups in total. The number of hydrogen-bond donors (Lipinski definition) is 1. The van der Waals surface area contributed by atoms with Gasteiger partial charge in [0.05, 0.1) is 11.9 Å². The van der Waals surface area contributed by atoms with Crippen molar-refractivity contribution < 1.29 is 0 Å². The molecule has 2 aromatic carbocycles. The summed E-state index contributed by atoms with van der Waals surface area (Å²) in [6, 6.07) is 17.8. The first-order chi connectivity index (χ1) is 14.0. The highest BCUT2D eigenvalue weighted by Crippen LogP contribution is 2.23. The van der Waals surface area contributed by atoms with Gasteiger partial charge in [0.1, 0.15) is 11.4 Å². The maximum Gasteiger partial charge on any atom is 0.296 e. The number of nitrogens with one attached hydrogen (secondary N) is 1. The summed E-state index contributed by atoms with van der Waals surface area (Å²) in [6.45, 7) is 3.64. The number of H-pyrrole nitrogens is 1. The van der Waals surface area contributed by atoms with E-state index >= 15 is 0 Å². The highest BCUT2D eigenvalue weighted by Gasteiger charge is 2.12. The molecule has 0 aliphatic rings. The summed E-state index contributed by atoms with van der Waals surface area (Å²) >= 11 is 5.15. The molecule has 0 fully saturated rings. The van der Waals surface area contributed by atoms with E-state index in [-0.39, 0.29) is 16.0 Å². The van der Waals surface area contributed by atoms with Crippen molar-refractivity contribution in [2.24, 2.45) is 5.10 Å². The monoisotopic (exact) mass is 402 g/mol. The van der Waals surface area contributed by atoms with Crippen molar-refractivity contribution in [3.63, 3.8) is 0 Å². The van der Waals surface area contributed by atoms with E-state index in [0.29, 0.717) is 0 Å². The van der Waals surface area contributed by atoms with Crippen LogP contribution in [0.2, 0.25) is 0 Å². The number of aromatic nitrogens is 5. The molecular formula is C21H18N6OS. The molecule has 144 valence electrons. The molecule has 4 aromatic rings. The first-order valence-electron chi connectivity index (χ1n) is 8.98. The van der Waals surface area contributed by atoms with Crippen molar-refractivity contribution in [3.8, 4) is 16.9 Å². The molecule has 8 heteroatoms. The SMILES string of the molecule is Cc1ccccc1-n1cc(/C=N\n2c(=S)[nH]nc(C)c2=O)c(-c2ccccc2)n1. The molecule has 0 saturated heterocycles. The smallest absolute Gasteiger partial charge is 0.265 e. The molecule has 0 atom stereocenters. The first kappa shape index (κ1) is 18.7. The Bertz CT molecular complexity index is 1320. The largest absolute Gasteiger partial charge is 0.296 e. The highest BCUT2D eigenvalue weighted by molar-refractivity contribution is 7.71. The molecule has 0 bridgehead atoms. The number of aryl methyl sites for hydroxylation is 2. The van der Waals surface area contributed by atoms with E-state index in [4.69, 9.17) is 17.3 Å². The van der Waals surface area contributed by atoms with Crippen molar-refractivity contribution >= 4 is 18.4 Å². The van der Waals surface area contributed by atoms with Crippen molar-refractivity contribution in [1.82, 2.24) is 24.7 Å². The van der Waals surface area contributed by atoms with Gasteiger partial charge in [-0.25, -0.2) is 4.68 Å². The Balaban J connectivity index is 1.87. The van der Waals surface area contributed by atoms with Gasteiger partial charge in [-0.1, -0.05) is 48.5 Å². The second kappa shape index (κ2) is 7.76. The molecule has 0 amide bonds. The summed E-state index contributed by atoms with van der Waals surface area (Å²) in [7, 11) is 0. The summed E-state index contributed by atoms with van der Waals surface area (Å²) in [6.07, 6.45) is 3.48. The third kappa shape index (κ3) is 3.70. The third-order valence-corrected chi connectivity index (χ3v) is 4.74. The summed E-state index contributed by atoms with van der Waals surface area (Å²) < 4.78 is 3.07. The Hall–Kier alpha value is -3.65. The van der Waals surface area contributed by atoms with Crippen molar-refractivity contribution in [2.45, 2.75) is 13.8 Å². The number of benzene rings is 2. The lowest BCUT2D eigenvalue weighted by Crippen LogP contribution is -2.22. The average molecular weight is 402 g/mol. The van der Waals surface area contributed by atoms with E-state index in [0.717, 1.165) is 32.7 Å². The van der Waals surface area contributed by atoms with Gasteiger partial charge in [0.15, 0.2) is 0 Å². The third-order valence-electron chi connectivity index (χ3n) is 4.48. The van der Waals surface area contributed by atoms with Gasteiger partial charge in [0, 0.05) is 17.3 Å². The summed E-state index contributed by atoms with van der Waals surface area (Å²) in [5, 5.41) is 15.6. The molecule has 0 radical (unpaired) electrons. The molecule has 0 aliphatic carbocycles. The maximum atomic E-state index is 12.3. The molecule has 7 nitrogen and oxygen atoms in total. The number of aromatic amines is 1. The lowest BCUT2D eigenvalue weighted by molar-refractivity contribution is 0.720. The number of para-hydroxylation sites is 1. The Kier molecular flexibility index (Phi) is 5.01. The van der Waals surface area contributed by atoms with E-state index in [1.807, 2.05) is 72.4 Å². The standard InChI is InChI=1S/C21H18N6OS/c1-14-8-6-7-11-18(14)26-13-17(19(25-26)16-9-4-3-5-10-16)12-22-27-20(28)15(2)23-24-21(27)29/h3-13H,1-2H3,(H,24,29)/b22-12-. The Labute approximate surface area is 172 Å². The van der Waals surface area contributed by atoms with Gasteiger partial charge in [0.2, 0.25) is 4.77 Å². The van der Waals surface area contributed by atoms with Crippen molar-refractivity contribution in [3.05, 3.63) is 92.7 Å². The summed E-state index contributed by atoms with van der Waals surface area (Å²) in [5.41, 5.74) is 4.46. The number of nitrogens with zero attached hydrogens (tertiary/aromatic N) is 5. The van der Waals surface area contributed by atoms with E-state index in [9.17, 15) is 4.79 Å². The molecule has 0 spiro atoms. The lowest BCUT2D eigenvalue weighted by Gasteiger charge is -2.04. The summed E-state index contributed by atoms with van der Waals surface area (Å²) in [4.78, 5) is 12.3. The van der Waals surface area contributed by atoms with Crippen LogP contribution in [0, 0.1) is 18.6 Å². The number of hydrogen-bond acceptors (Lipinski definition) is 5. The minimum atomic E-state index is -0.363. The lowest BCUT2D eigenvalue weighted by atomic mass is 10.1. The Morgan fingerprint density at radius 2 is 1.79 bits per heavy atom. The van der Waals surface area contributed by atoms with E-state index in [1.165, 1.54) is 0 Å². The quantitative estimate of drug-likeness (QED) is 0.417. The fourth-order valence-corrected chi connectivity index (χ4v) is 3.12. The zero-order chi connectivity index (χ0) is 20.4. The van der Waals surface area contributed by atoms with Gasteiger partial charge in [0.25, 0.3) is 5.56 Å². The van der Waals surface area contributed by atoms with Crippen LogP contribution in [-0.2, 0) is 0 Å². The predicted molar refractivity (Wildman–Crippen MR) is 115 cm³/mol. The second-order valence-electron chi connectivity index (χ2n) is 6.51. The highest BCUT2D eigenvalue weighted by atomic mass is 32.1. The van der Waals surface area contributed by atoms with Crippen LogP contribution in [0.15, 0.2) is 70.7 Å². The Morgan fingerprint density at radius 1 is 1.07 bits per heavy atom. The van der Waals surface area contributed by atoms with Crippen molar-refractivity contribution in [1.29, 1.82) is 0 Å². The van der Waals surface area contributed by atoms with Gasteiger partial charge in [-0.2, -0.15) is 20.0 Å². The van der Waals surface area contributed by atoms with Gasteiger partial charge in [-0.15, -0.1) is 0 Å². The van der Waals surface area contributed by atoms with Crippen LogP contribution in [0.4, 0.5) is 0 Å². The molecular weight excluding hydrogens is 384 g/mol. The molecule has 4 rings (SSSR count). The summed E-state index contributed by atoms with van der Waals surface area (Å²) in [5.74, 6) is 0. The van der Waals surface area contributed by atoms with Crippen LogP contribution in [0.1, 0.15) is 16.8 Å². The van der Waals surface area contributed by atoms with Gasteiger partial charge in [-0.05, 0) is 37.7 Å². The van der Waals surface area contributed by atoms with Gasteiger partial charge >= 0.3 is 0 Å². The van der Waals surface area contributed by atoms with E-state index < -0.39 is 0 Å². The molecule has 0 saturated carbocycles. The topological polar surface area (TPSA) is 80.9 Å². The van der Waals surface area contributed by atoms with Crippen LogP contribution >= 0.6 is 12.2 Å². The fraction of sp³-hybridized carbons (Fsp3) is 0.0952. The maximum absolute atomic E-state index is 12.3. The van der Waals surface area contributed by atoms with Crippen molar-refractivity contribution in [2.75, 3.05) is 0 Å². The van der Waals surface area contributed by atoms with Crippen LogP contribution in [-0.4, -0.2) is 30.9 Å². The normalized spacial score (nSPS) is 11.2. The fourth-order valence-electron chi connectivity index (χ4n) is 2.94. The first-order valence-corrected chi connectivity index (χ1v) is 9.39. The second-order valence-corrected chi connectivity index (χ2v) is 6.89. The van der Waals surface area contributed by atoms with Gasteiger partial charge < -0.3 is 0 Å². The predicted octanol–water partition coefficient (Wildman–Crippen LogP) is 3.65. The van der Waals surface area contributed by atoms with E-state index in [2.05, 4.69) is 15.3 Å². The molecule has 2 aromatic heterocycles. The minimum Gasteiger partial charge on any atom is -0.265 e. The van der Waals surface area contributed by atoms with Crippen LogP contribution in [0.25, 0.3) is 16.9 Å².